The van der Waals surface area contributed by atoms with Crippen molar-refractivity contribution < 1.29 is 4.79 Å². The number of nitrogen functional groups attached to an aromatic ring is 1. The summed E-state index contributed by atoms with van der Waals surface area (Å²) < 4.78 is 0. The van der Waals surface area contributed by atoms with Crippen LogP contribution in [-0.4, -0.2) is 5.91 Å². The lowest BCUT2D eigenvalue weighted by Crippen LogP contribution is -2.21. The summed E-state index contributed by atoms with van der Waals surface area (Å²) in [5.41, 5.74) is 7.06. The van der Waals surface area contributed by atoms with Crippen LogP contribution in [0, 0.1) is 17.2 Å². The molecule has 1 aromatic rings. The van der Waals surface area contributed by atoms with Crippen LogP contribution in [0.5, 0.6) is 0 Å². The minimum atomic E-state index is -0.0176. The molecule has 0 aliphatic heterocycles. The third-order valence-electron chi connectivity index (χ3n) is 3.14. The molecule has 88 valence electrons. The van der Waals surface area contributed by atoms with Crippen LogP contribution in [-0.2, 0) is 4.79 Å². The highest BCUT2D eigenvalue weighted by Gasteiger charge is 2.20. The smallest absolute Gasteiger partial charge is 0.224 e. The Balaban J connectivity index is 2.02. The van der Waals surface area contributed by atoms with E-state index in [4.69, 9.17) is 11.0 Å². The minimum Gasteiger partial charge on any atom is -0.399 e. The summed E-state index contributed by atoms with van der Waals surface area (Å²) in [4.78, 5) is 11.7. The van der Waals surface area contributed by atoms with Crippen molar-refractivity contribution in [1.29, 1.82) is 5.26 Å². The maximum atomic E-state index is 11.7. The zero-order chi connectivity index (χ0) is 12.3. The first-order valence-corrected chi connectivity index (χ1v) is 5.78. The van der Waals surface area contributed by atoms with Gasteiger partial charge in [-0.25, -0.2) is 0 Å². The lowest BCUT2D eigenvalue weighted by atomic mass is 9.83. The number of anilines is 2. The van der Waals surface area contributed by atoms with E-state index >= 15 is 0 Å². The van der Waals surface area contributed by atoms with E-state index in [9.17, 15) is 4.79 Å². The molecule has 4 nitrogen and oxygen atoms in total. The van der Waals surface area contributed by atoms with Gasteiger partial charge in [-0.15, -0.1) is 0 Å². The van der Waals surface area contributed by atoms with Crippen LogP contribution in [0.3, 0.4) is 0 Å². The van der Waals surface area contributed by atoms with Crippen LogP contribution in [0.2, 0.25) is 0 Å². The number of nitrogens with two attached hydrogens (primary N) is 1. The van der Waals surface area contributed by atoms with E-state index in [1.54, 1.807) is 18.2 Å². The molecule has 0 saturated heterocycles. The van der Waals surface area contributed by atoms with Gasteiger partial charge in [-0.05, 0) is 37.0 Å². The Hall–Kier alpha value is -2.02. The number of nitrogens with one attached hydrogen (secondary N) is 1. The third kappa shape index (κ3) is 2.76. The van der Waals surface area contributed by atoms with Crippen molar-refractivity contribution in [3.63, 3.8) is 0 Å². The maximum Gasteiger partial charge on any atom is 0.224 e. The first-order valence-electron chi connectivity index (χ1n) is 5.78. The van der Waals surface area contributed by atoms with Crippen LogP contribution in [0.25, 0.3) is 0 Å². The Kier molecular flexibility index (Phi) is 3.29. The van der Waals surface area contributed by atoms with E-state index in [0.717, 1.165) is 12.8 Å². The molecule has 1 aromatic carbocycles. The average molecular weight is 229 g/mol. The van der Waals surface area contributed by atoms with Crippen molar-refractivity contribution in [2.45, 2.75) is 25.7 Å². The first-order chi connectivity index (χ1) is 8.19. The number of nitriles is 1. The van der Waals surface area contributed by atoms with Gasteiger partial charge in [0.15, 0.2) is 0 Å². The van der Waals surface area contributed by atoms with Gasteiger partial charge in [0.25, 0.3) is 0 Å². The van der Waals surface area contributed by atoms with Crippen molar-refractivity contribution >= 4 is 17.3 Å². The predicted molar refractivity (Wildman–Crippen MR) is 66.2 cm³/mol. The molecule has 17 heavy (non-hydrogen) atoms. The Morgan fingerprint density at radius 2 is 2.29 bits per heavy atom. The molecule has 3 N–H and O–H groups in total. The number of benzene rings is 1. The molecular weight excluding hydrogens is 214 g/mol. The molecule has 1 aliphatic carbocycles. The maximum absolute atomic E-state index is 11.7. The van der Waals surface area contributed by atoms with Crippen LogP contribution >= 0.6 is 0 Å². The average Bonchev–Trinajstić information content (AvgIpc) is 2.26. The van der Waals surface area contributed by atoms with Crippen molar-refractivity contribution in [3.05, 3.63) is 23.8 Å². The van der Waals surface area contributed by atoms with E-state index in [1.165, 1.54) is 6.42 Å². The van der Waals surface area contributed by atoms with Gasteiger partial charge in [-0.2, -0.15) is 5.26 Å². The van der Waals surface area contributed by atoms with Gasteiger partial charge in [-0.3, -0.25) is 4.79 Å². The SMILES string of the molecule is N#Cc1cc(N)ccc1NC(=O)CC1CCC1. The molecule has 0 unspecified atom stereocenters. The number of nitrogens with zero attached hydrogens (tertiary/aromatic N) is 1. The summed E-state index contributed by atoms with van der Waals surface area (Å²) >= 11 is 0. The number of carbonyl (C=O) groups excluding carboxylic acids is 1. The molecule has 1 amide bonds. The van der Waals surface area contributed by atoms with Crippen LogP contribution < -0.4 is 11.1 Å². The van der Waals surface area contributed by atoms with Gasteiger partial charge in [0.1, 0.15) is 6.07 Å². The van der Waals surface area contributed by atoms with Gasteiger partial charge in [0.2, 0.25) is 5.91 Å². The van der Waals surface area contributed by atoms with E-state index in [-0.39, 0.29) is 5.91 Å². The minimum absolute atomic E-state index is 0.0176. The summed E-state index contributed by atoms with van der Waals surface area (Å²) in [6.45, 7) is 0. The lowest BCUT2D eigenvalue weighted by molar-refractivity contribution is -0.117. The summed E-state index contributed by atoms with van der Waals surface area (Å²) in [7, 11) is 0. The fourth-order valence-electron chi connectivity index (χ4n) is 1.92. The lowest BCUT2D eigenvalue weighted by Gasteiger charge is -2.24. The quantitative estimate of drug-likeness (QED) is 0.780. The molecule has 0 spiro atoms. The van der Waals surface area contributed by atoms with Crippen molar-refractivity contribution in [2.75, 3.05) is 11.1 Å². The van der Waals surface area contributed by atoms with Crippen molar-refractivity contribution in [2.24, 2.45) is 5.92 Å². The molecule has 0 bridgehead atoms. The van der Waals surface area contributed by atoms with E-state index in [1.807, 2.05) is 6.07 Å². The second kappa shape index (κ2) is 4.88. The van der Waals surface area contributed by atoms with Gasteiger partial charge >= 0.3 is 0 Å². The molecule has 0 aromatic heterocycles. The predicted octanol–water partition coefficient (Wildman–Crippen LogP) is 2.27. The number of hydrogen-bond acceptors (Lipinski definition) is 3. The Labute approximate surface area is 100 Å². The Bertz CT molecular complexity index is 472. The molecule has 0 atom stereocenters. The van der Waals surface area contributed by atoms with Crippen molar-refractivity contribution in [3.8, 4) is 6.07 Å². The Morgan fingerprint density at radius 3 is 2.88 bits per heavy atom. The van der Waals surface area contributed by atoms with Gasteiger partial charge in [0, 0.05) is 12.1 Å². The highest BCUT2D eigenvalue weighted by Crippen LogP contribution is 2.29. The fraction of sp³-hybridized carbons (Fsp3) is 0.385. The molecule has 0 heterocycles. The van der Waals surface area contributed by atoms with Crippen molar-refractivity contribution in [1.82, 2.24) is 0 Å². The second-order valence-corrected chi connectivity index (χ2v) is 4.47. The number of amides is 1. The number of hydrogen-bond donors (Lipinski definition) is 2. The first kappa shape index (κ1) is 11.5. The molecule has 2 rings (SSSR count). The largest absolute Gasteiger partial charge is 0.399 e. The van der Waals surface area contributed by atoms with Gasteiger partial charge in [-0.1, -0.05) is 6.42 Å². The second-order valence-electron chi connectivity index (χ2n) is 4.47. The van der Waals surface area contributed by atoms with E-state index in [0.29, 0.717) is 29.3 Å². The molecule has 0 radical (unpaired) electrons. The highest BCUT2D eigenvalue weighted by molar-refractivity contribution is 5.92. The molecule has 1 aliphatic rings. The normalized spacial score (nSPS) is 14.8. The van der Waals surface area contributed by atoms with E-state index < -0.39 is 0 Å². The highest BCUT2D eigenvalue weighted by atomic mass is 16.1. The van der Waals surface area contributed by atoms with E-state index in [2.05, 4.69) is 5.32 Å². The molecular formula is C13H15N3O. The molecule has 1 saturated carbocycles. The standard InChI is InChI=1S/C13H15N3O/c14-8-10-7-11(15)4-5-12(10)16-13(17)6-9-2-1-3-9/h4-5,7,9H,1-3,6,15H2,(H,16,17). The summed E-state index contributed by atoms with van der Waals surface area (Å²) in [5, 5.41) is 11.7. The fourth-order valence-corrected chi connectivity index (χ4v) is 1.92. The third-order valence-corrected chi connectivity index (χ3v) is 3.14. The summed E-state index contributed by atoms with van der Waals surface area (Å²) in [6.07, 6.45) is 4.05. The van der Waals surface area contributed by atoms with Crippen LogP contribution in [0.15, 0.2) is 18.2 Å². The summed E-state index contributed by atoms with van der Waals surface area (Å²) in [5.74, 6) is 0.505. The van der Waals surface area contributed by atoms with Crippen LogP contribution in [0.1, 0.15) is 31.2 Å². The monoisotopic (exact) mass is 229 g/mol. The zero-order valence-corrected chi connectivity index (χ0v) is 9.57. The Morgan fingerprint density at radius 1 is 1.53 bits per heavy atom. The van der Waals surface area contributed by atoms with Crippen LogP contribution in [0.4, 0.5) is 11.4 Å². The topological polar surface area (TPSA) is 78.9 Å². The van der Waals surface area contributed by atoms with Gasteiger partial charge in [0.05, 0.1) is 11.3 Å². The molecule has 1 fully saturated rings. The number of rotatable bonds is 3. The number of carbonyl (C=O) groups is 1. The zero-order valence-electron chi connectivity index (χ0n) is 9.57. The van der Waals surface area contributed by atoms with Gasteiger partial charge < -0.3 is 11.1 Å². The molecule has 4 heteroatoms. The summed E-state index contributed by atoms with van der Waals surface area (Å²) in [6, 6.07) is 6.95.